The molecule has 2 aromatic heterocycles. The second-order valence-corrected chi connectivity index (χ2v) is 5.95. The van der Waals surface area contributed by atoms with Gasteiger partial charge in [0.15, 0.2) is 10.8 Å². The van der Waals surface area contributed by atoms with Crippen LogP contribution in [-0.4, -0.2) is 30.8 Å². The maximum atomic E-state index is 12.4. The van der Waals surface area contributed by atoms with Crippen LogP contribution >= 0.6 is 0 Å². The molecule has 21 heavy (non-hydrogen) atoms. The third-order valence-electron chi connectivity index (χ3n) is 2.88. The Morgan fingerprint density at radius 2 is 1.90 bits per heavy atom. The van der Waals surface area contributed by atoms with Gasteiger partial charge in [0.25, 0.3) is 14.9 Å². The summed E-state index contributed by atoms with van der Waals surface area (Å²) in [5.74, 6) is -0.258. The van der Waals surface area contributed by atoms with Crippen LogP contribution in [0.1, 0.15) is 0 Å². The van der Waals surface area contributed by atoms with Crippen LogP contribution in [0, 0.1) is 0 Å². The fourth-order valence-electron chi connectivity index (χ4n) is 1.85. The van der Waals surface area contributed by atoms with Crippen LogP contribution in [0.25, 0.3) is 11.0 Å². The maximum absolute atomic E-state index is 12.4. The number of sulfone groups is 1. The molecule has 0 atom stereocenters. The highest BCUT2D eigenvalue weighted by atomic mass is 32.2. The zero-order valence-corrected chi connectivity index (χ0v) is 11.7. The zero-order chi connectivity index (χ0) is 15.0. The number of para-hydroxylation sites is 1. The fourth-order valence-corrected chi connectivity index (χ4v) is 3.00. The summed E-state index contributed by atoms with van der Waals surface area (Å²) in [7, 11) is -2.71. The van der Waals surface area contributed by atoms with Gasteiger partial charge in [0.2, 0.25) is 5.88 Å². The smallest absolute Gasteiger partial charge is 0.267 e. The lowest BCUT2D eigenvalue weighted by Crippen LogP contribution is -2.05. The lowest BCUT2D eigenvalue weighted by Gasteiger charge is -2.01. The van der Waals surface area contributed by atoms with E-state index in [1.165, 1.54) is 19.2 Å². The molecule has 1 N–H and O–H groups in total. The maximum Gasteiger partial charge on any atom is 0.267 e. The number of methoxy groups -OCH3 is 1. The lowest BCUT2D eigenvalue weighted by molar-refractivity contribution is 0.388. The van der Waals surface area contributed by atoms with Crippen molar-refractivity contribution in [3.05, 3.63) is 36.4 Å². The van der Waals surface area contributed by atoms with Crippen LogP contribution < -0.4 is 4.74 Å². The summed E-state index contributed by atoms with van der Waals surface area (Å²) in [5, 5.41) is 16.6. The molecule has 0 spiro atoms. The normalized spacial score (nSPS) is 11.7. The van der Waals surface area contributed by atoms with Crippen LogP contribution in [0.2, 0.25) is 0 Å². The molecule has 3 rings (SSSR count). The average molecular weight is 306 g/mol. The van der Waals surface area contributed by atoms with Crippen LogP contribution in [0.4, 0.5) is 0 Å². The Labute approximate surface area is 119 Å². The first-order chi connectivity index (χ1) is 10.0. The topological polar surface area (TPSA) is 103 Å². The molecular formula is C13H10N2O5S. The van der Waals surface area contributed by atoms with Crippen molar-refractivity contribution in [3.63, 3.8) is 0 Å². The highest BCUT2D eigenvalue weighted by molar-refractivity contribution is 7.91. The van der Waals surface area contributed by atoms with Crippen molar-refractivity contribution in [1.29, 1.82) is 0 Å². The Balaban J connectivity index is 2.17. The molecule has 8 heteroatoms. The molecule has 7 nitrogen and oxygen atoms in total. The minimum Gasteiger partial charge on any atom is -0.503 e. The number of aromatic hydroxyl groups is 1. The van der Waals surface area contributed by atoms with Gasteiger partial charge >= 0.3 is 0 Å². The highest BCUT2D eigenvalue weighted by Crippen LogP contribution is 2.37. The number of fused-ring (bicyclic) bond motifs is 1. The summed E-state index contributed by atoms with van der Waals surface area (Å²) in [4.78, 5) is 0. The first kappa shape index (κ1) is 13.4. The molecule has 1 aromatic carbocycles. The second kappa shape index (κ2) is 4.74. The Bertz CT molecular complexity index is 900. The molecule has 0 saturated heterocycles. The van der Waals surface area contributed by atoms with Gasteiger partial charge in [0, 0.05) is 6.07 Å². The van der Waals surface area contributed by atoms with Gasteiger partial charge in [-0.25, -0.2) is 8.42 Å². The highest BCUT2D eigenvalue weighted by Gasteiger charge is 2.29. The lowest BCUT2D eigenvalue weighted by atomic mass is 10.2. The summed E-state index contributed by atoms with van der Waals surface area (Å²) in [6.07, 6.45) is 0. The molecule has 0 saturated carbocycles. The molecule has 0 aliphatic carbocycles. The Morgan fingerprint density at radius 1 is 1.14 bits per heavy atom. The van der Waals surface area contributed by atoms with Crippen molar-refractivity contribution in [2.24, 2.45) is 0 Å². The van der Waals surface area contributed by atoms with Crippen LogP contribution in [0.15, 0.2) is 50.9 Å². The first-order valence-corrected chi connectivity index (χ1v) is 7.35. The molecule has 3 aromatic rings. The summed E-state index contributed by atoms with van der Waals surface area (Å²) in [6.45, 7) is 0. The van der Waals surface area contributed by atoms with Gasteiger partial charge in [0.05, 0.1) is 12.5 Å². The van der Waals surface area contributed by atoms with E-state index in [-0.39, 0.29) is 16.5 Å². The van der Waals surface area contributed by atoms with E-state index in [2.05, 4.69) is 10.2 Å². The Kier molecular flexibility index (Phi) is 3.02. The summed E-state index contributed by atoms with van der Waals surface area (Å²) in [5.41, 5.74) is 0.273. The number of hydrogen-bond donors (Lipinski definition) is 1. The molecule has 0 fully saturated rings. The van der Waals surface area contributed by atoms with Crippen molar-refractivity contribution < 1.29 is 22.7 Å². The molecule has 2 heterocycles. The monoisotopic (exact) mass is 306 g/mol. The van der Waals surface area contributed by atoms with Crippen molar-refractivity contribution in [2.45, 2.75) is 10.1 Å². The van der Waals surface area contributed by atoms with E-state index < -0.39 is 20.7 Å². The summed E-state index contributed by atoms with van der Waals surface area (Å²) in [6, 6.07) is 9.06. The quantitative estimate of drug-likeness (QED) is 0.786. The zero-order valence-electron chi connectivity index (χ0n) is 10.8. The minimum absolute atomic E-state index is 0.183. The van der Waals surface area contributed by atoms with Gasteiger partial charge < -0.3 is 14.3 Å². The van der Waals surface area contributed by atoms with Crippen molar-refractivity contribution >= 4 is 20.8 Å². The summed E-state index contributed by atoms with van der Waals surface area (Å²) >= 11 is 0. The predicted octanol–water partition coefficient (Wildman–Crippen LogP) is 1.77. The molecule has 0 bridgehead atoms. The third kappa shape index (κ3) is 2.09. The molecule has 0 unspecified atom stereocenters. The Morgan fingerprint density at radius 3 is 2.52 bits per heavy atom. The van der Waals surface area contributed by atoms with Crippen LogP contribution in [-0.2, 0) is 9.84 Å². The Hall–Kier alpha value is -2.61. The molecule has 108 valence electrons. The van der Waals surface area contributed by atoms with Crippen LogP contribution in [0.5, 0.6) is 11.6 Å². The average Bonchev–Trinajstić information content (AvgIpc) is 2.86. The van der Waals surface area contributed by atoms with E-state index in [0.29, 0.717) is 5.39 Å². The molecular weight excluding hydrogens is 296 g/mol. The van der Waals surface area contributed by atoms with Crippen molar-refractivity contribution in [3.8, 4) is 11.6 Å². The largest absolute Gasteiger partial charge is 0.503 e. The minimum atomic E-state index is -4.10. The SMILES string of the molecule is COc1ccc(S(=O)(=O)c2oc3ccccc3c2O)nn1. The van der Waals surface area contributed by atoms with Gasteiger partial charge in [0.1, 0.15) is 5.58 Å². The molecule has 0 aliphatic rings. The number of rotatable bonds is 3. The van der Waals surface area contributed by atoms with E-state index >= 15 is 0 Å². The molecule has 0 radical (unpaired) electrons. The van der Waals surface area contributed by atoms with Gasteiger partial charge in [-0.2, -0.15) is 0 Å². The van der Waals surface area contributed by atoms with Gasteiger partial charge in [-0.3, -0.25) is 0 Å². The van der Waals surface area contributed by atoms with Crippen molar-refractivity contribution in [1.82, 2.24) is 10.2 Å². The van der Waals surface area contributed by atoms with Crippen molar-refractivity contribution in [2.75, 3.05) is 7.11 Å². The molecule has 0 amide bonds. The fraction of sp³-hybridized carbons (Fsp3) is 0.0769. The van der Waals surface area contributed by atoms with E-state index in [4.69, 9.17) is 9.15 Å². The summed E-state index contributed by atoms with van der Waals surface area (Å²) < 4.78 is 34.9. The van der Waals surface area contributed by atoms with Crippen LogP contribution in [0.3, 0.4) is 0 Å². The van der Waals surface area contributed by atoms with Gasteiger partial charge in [-0.05, 0) is 18.2 Å². The third-order valence-corrected chi connectivity index (χ3v) is 4.42. The number of benzene rings is 1. The molecule has 0 aliphatic heterocycles. The van der Waals surface area contributed by atoms with E-state index in [9.17, 15) is 13.5 Å². The number of ether oxygens (including phenoxy) is 1. The van der Waals surface area contributed by atoms with Gasteiger partial charge in [-0.1, -0.05) is 12.1 Å². The standard InChI is InChI=1S/C13H10N2O5S/c1-19-10-6-7-11(15-14-10)21(17,18)13-12(16)8-4-2-3-5-9(8)20-13/h2-7,16H,1H3. The predicted molar refractivity (Wildman–Crippen MR) is 71.9 cm³/mol. The number of furan rings is 1. The number of hydrogen-bond acceptors (Lipinski definition) is 7. The van der Waals surface area contributed by atoms with E-state index in [1.807, 2.05) is 0 Å². The van der Waals surface area contributed by atoms with E-state index in [1.54, 1.807) is 24.3 Å². The first-order valence-electron chi connectivity index (χ1n) is 5.87. The van der Waals surface area contributed by atoms with Gasteiger partial charge in [-0.15, -0.1) is 10.2 Å². The number of nitrogens with zero attached hydrogens (tertiary/aromatic N) is 2. The second-order valence-electron chi connectivity index (χ2n) is 4.15. The van der Waals surface area contributed by atoms with E-state index in [0.717, 1.165) is 0 Å². The number of aromatic nitrogens is 2.